The lowest BCUT2D eigenvalue weighted by Gasteiger charge is -2.40. The van der Waals surface area contributed by atoms with Crippen molar-refractivity contribution in [3.05, 3.63) is 80.6 Å². The second-order valence-corrected chi connectivity index (χ2v) is 12.5. The van der Waals surface area contributed by atoms with E-state index < -0.39 is 5.97 Å². The monoisotopic (exact) mass is 556 g/mol. The number of halogens is 1. The van der Waals surface area contributed by atoms with E-state index in [1.54, 1.807) is 0 Å². The molecule has 5 rings (SSSR count). The number of carboxylic acids is 1. The van der Waals surface area contributed by atoms with E-state index >= 15 is 0 Å². The molecule has 0 radical (unpaired) electrons. The summed E-state index contributed by atoms with van der Waals surface area (Å²) in [7, 11) is 0. The third-order valence-electron chi connectivity index (χ3n) is 8.66. The summed E-state index contributed by atoms with van der Waals surface area (Å²) in [5.74, 6) is -0.890. The third-order valence-corrected chi connectivity index (χ3v) is 9.02. The van der Waals surface area contributed by atoms with E-state index in [0.29, 0.717) is 17.0 Å². The number of hydrogen-bond acceptors (Lipinski definition) is 5. The number of nitrogens with zero attached hydrogens (tertiary/aromatic N) is 4. The number of carbonyl (C=O) groups is 1. The minimum Gasteiger partial charge on any atom is -0.481 e. The number of fused-ring (bicyclic) bond motifs is 1. The number of hydrogen-bond donors (Lipinski definition) is 1. The van der Waals surface area contributed by atoms with Crippen LogP contribution in [0.4, 0.5) is 5.69 Å². The highest BCUT2D eigenvalue weighted by Crippen LogP contribution is 2.42. The molecule has 0 aliphatic carbocycles. The van der Waals surface area contributed by atoms with Crippen LogP contribution in [0, 0.1) is 30.6 Å². The van der Waals surface area contributed by atoms with Gasteiger partial charge in [0.15, 0.2) is 5.69 Å². The number of aryl methyl sites for hydroxylation is 2. The number of rotatable bonds is 6. The van der Waals surface area contributed by atoms with Crippen LogP contribution in [0.1, 0.15) is 65.9 Å². The van der Waals surface area contributed by atoms with Crippen molar-refractivity contribution in [1.82, 2.24) is 9.88 Å². The quantitative estimate of drug-likeness (QED) is 0.364. The fraction of sp³-hybridized carbons (Fsp3) is 0.424. The van der Waals surface area contributed by atoms with Crippen molar-refractivity contribution in [3.8, 4) is 17.2 Å². The van der Waals surface area contributed by atoms with E-state index in [2.05, 4.69) is 65.9 Å². The van der Waals surface area contributed by atoms with Crippen molar-refractivity contribution >= 4 is 23.3 Å². The molecule has 2 aromatic carbocycles. The molecule has 0 unspecified atom stereocenters. The average molecular weight is 557 g/mol. The van der Waals surface area contributed by atoms with Gasteiger partial charge in [-0.05, 0) is 72.4 Å². The Morgan fingerprint density at radius 3 is 2.52 bits per heavy atom. The SMILES string of the molecule is Cc1cccc(Cl)c1CN1CCc2cc(-c3c(C#N)nc(C)c(CC(=O)O)c3N3CCC(C)(C)CC3)ccc2C1. The number of pyridine rings is 1. The molecule has 1 fully saturated rings. The van der Waals surface area contributed by atoms with Crippen LogP contribution in [0.2, 0.25) is 5.02 Å². The maximum absolute atomic E-state index is 11.9. The summed E-state index contributed by atoms with van der Waals surface area (Å²) < 4.78 is 0. The second-order valence-electron chi connectivity index (χ2n) is 12.1. The lowest BCUT2D eigenvalue weighted by atomic mass is 9.81. The molecule has 1 aromatic heterocycles. The number of aromatic nitrogens is 1. The molecule has 1 N–H and O–H groups in total. The molecule has 7 heteroatoms. The van der Waals surface area contributed by atoms with Gasteiger partial charge in [0, 0.05) is 54.6 Å². The Hall–Kier alpha value is -3.40. The molecule has 2 aliphatic rings. The Bertz CT molecular complexity index is 1480. The topological polar surface area (TPSA) is 80.5 Å². The van der Waals surface area contributed by atoms with Crippen molar-refractivity contribution in [2.45, 2.75) is 66.5 Å². The van der Waals surface area contributed by atoms with Crippen LogP contribution in [-0.2, 0) is 30.7 Å². The van der Waals surface area contributed by atoms with Gasteiger partial charge in [0.2, 0.25) is 0 Å². The largest absolute Gasteiger partial charge is 0.481 e. The van der Waals surface area contributed by atoms with E-state index in [9.17, 15) is 15.2 Å². The highest BCUT2D eigenvalue weighted by atomic mass is 35.5. The zero-order chi connectivity index (χ0) is 28.6. The molecule has 0 bridgehead atoms. The van der Waals surface area contributed by atoms with Crippen LogP contribution in [0.15, 0.2) is 36.4 Å². The smallest absolute Gasteiger partial charge is 0.307 e. The average Bonchev–Trinajstić information content (AvgIpc) is 2.91. The zero-order valence-corrected chi connectivity index (χ0v) is 24.6. The van der Waals surface area contributed by atoms with E-state index in [-0.39, 0.29) is 11.8 Å². The molecule has 208 valence electrons. The van der Waals surface area contributed by atoms with Crippen LogP contribution in [0.3, 0.4) is 0 Å². The predicted molar refractivity (Wildman–Crippen MR) is 160 cm³/mol. The molecule has 3 heterocycles. The molecule has 0 spiro atoms. The van der Waals surface area contributed by atoms with Crippen LogP contribution in [0.5, 0.6) is 0 Å². The standard InChI is InChI=1S/C33H37ClN4O2/c1-21-6-5-7-28(34)27(21)20-37-13-10-23-16-24(8-9-25(23)19-37)31-29(18-35)36-22(2)26(17-30(39)40)32(31)38-14-11-33(3,4)12-15-38/h5-9,16H,10-15,17,19-20H2,1-4H3,(H,39,40). The summed E-state index contributed by atoms with van der Waals surface area (Å²) in [6, 6.07) is 14.8. The molecule has 3 aromatic rings. The Morgan fingerprint density at radius 1 is 1.10 bits per heavy atom. The van der Waals surface area contributed by atoms with E-state index in [1.807, 2.05) is 19.1 Å². The number of anilines is 1. The van der Waals surface area contributed by atoms with Crippen molar-refractivity contribution in [2.24, 2.45) is 5.41 Å². The number of benzene rings is 2. The Kier molecular flexibility index (Phi) is 7.90. The number of piperidine rings is 1. The lowest BCUT2D eigenvalue weighted by Crippen LogP contribution is -2.38. The molecule has 40 heavy (non-hydrogen) atoms. The van der Waals surface area contributed by atoms with Gasteiger partial charge in [0.1, 0.15) is 6.07 Å². The minimum atomic E-state index is -0.890. The maximum atomic E-state index is 11.9. The van der Waals surface area contributed by atoms with Gasteiger partial charge in [0.05, 0.1) is 12.1 Å². The summed E-state index contributed by atoms with van der Waals surface area (Å²) in [6.45, 7) is 12.7. The first-order chi connectivity index (χ1) is 19.1. The Balaban J connectivity index is 1.53. The summed E-state index contributed by atoms with van der Waals surface area (Å²) in [5.41, 5.74) is 9.40. The summed E-state index contributed by atoms with van der Waals surface area (Å²) in [5, 5.41) is 20.8. The van der Waals surface area contributed by atoms with Gasteiger partial charge >= 0.3 is 5.97 Å². The molecule has 2 aliphatic heterocycles. The summed E-state index contributed by atoms with van der Waals surface area (Å²) in [6.07, 6.45) is 2.79. The van der Waals surface area contributed by atoms with E-state index in [1.165, 1.54) is 22.3 Å². The van der Waals surface area contributed by atoms with Gasteiger partial charge in [-0.15, -0.1) is 0 Å². The lowest BCUT2D eigenvalue weighted by molar-refractivity contribution is -0.136. The fourth-order valence-electron chi connectivity index (χ4n) is 6.12. The van der Waals surface area contributed by atoms with Gasteiger partial charge in [0.25, 0.3) is 0 Å². The molecule has 0 atom stereocenters. The zero-order valence-electron chi connectivity index (χ0n) is 23.9. The first kappa shape index (κ1) is 28.1. The van der Waals surface area contributed by atoms with Crippen molar-refractivity contribution < 1.29 is 9.90 Å². The molecular formula is C33H37ClN4O2. The Labute approximate surface area is 242 Å². The molecule has 6 nitrogen and oxygen atoms in total. The van der Waals surface area contributed by atoms with E-state index in [4.69, 9.17) is 11.6 Å². The first-order valence-corrected chi connectivity index (χ1v) is 14.4. The van der Waals surface area contributed by atoms with Crippen LogP contribution in [0.25, 0.3) is 11.1 Å². The van der Waals surface area contributed by atoms with Crippen molar-refractivity contribution in [3.63, 3.8) is 0 Å². The van der Waals surface area contributed by atoms with E-state index in [0.717, 1.165) is 73.8 Å². The Morgan fingerprint density at radius 2 is 1.85 bits per heavy atom. The highest BCUT2D eigenvalue weighted by Gasteiger charge is 2.31. The fourth-order valence-corrected chi connectivity index (χ4v) is 6.40. The first-order valence-electron chi connectivity index (χ1n) is 14.0. The highest BCUT2D eigenvalue weighted by molar-refractivity contribution is 6.31. The normalized spacial score (nSPS) is 16.9. The molecule has 0 amide bonds. The third kappa shape index (κ3) is 5.73. The van der Waals surface area contributed by atoms with Gasteiger partial charge in [-0.1, -0.05) is 55.8 Å². The van der Waals surface area contributed by atoms with Crippen LogP contribution >= 0.6 is 11.6 Å². The second kappa shape index (κ2) is 11.2. The van der Waals surface area contributed by atoms with Gasteiger partial charge in [-0.2, -0.15) is 5.26 Å². The van der Waals surface area contributed by atoms with Crippen molar-refractivity contribution in [1.29, 1.82) is 5.26 Å². The maximum Gasteiger partial charge on any atom is 0.307 e. The number of aliphatic carboxylic acids is 1. The summed E-state index contributed by atoms with van der Waals surface area (Å²) in [4.78, 5) is 21.3. The number of carboxylic acid groups (broad SMARTS) is 1. The van der Waals surface area contributed by atoms with Gasteiger partial charge < -0.3 is 10.0 Å². The van der Waals surface area contributed by atoms with Crippen LogP contribution < -0.4 is 4.90 Å². The van der Waals surface area contributed by atoms with Gasteiger partial charge in [-0.3, -0.25) is 9.69 Å². The minimum absolute atomic E-state index is 0.117. The molecular weight excluding hydrogens is 520 g/mol. The predicted octanol–water partition coefficient (Wildman–Crippen LogP) is 6.70. The summed E-state index contributed by atoms with van der Waals surface area (Å²) >= 11 is 6.52. The van der Waals surface area contributed by atoms with Gasteiger partial charge in [-0.25, -0.2) is 4.98 Å². The number of nitriles is 1. The van der Waals surface area contributed by atoms with Crippen LogP contribution in [-0.4, -0.2) is 40.6 Å². The molecule has 1 saturated heterocycles. The molecule has 0 saturated carbocycles. The van der Waals surface area contributed by atoms with Crippen molar-refractivity contribution in [2.75, 3.05) is 24.5 Å².